The van der Waals surface area contributed by atoms with Crippen LogP contribution < -0.4 is 4.74 Å². The highest BCUT2D eigenvalue weighted by Gasteiger charge is 2.55. The molecule has 1 N–H and O–H groups in total. The Morgan fingerprint density at radius 2 is 1.52 bits per heavy atom. The number of carboxylic acid groups (broad SMARTS) is 1. The van der Waals surface area contributed by atoms with Gasteiger partial charge in [0, 0.05) is 0 Å². The minimum absolute atomic E-state index is 0.214. The number of carbonyl (C=O) groups excluding carboxylic acids is 2. The quantitative estimate of drug-likeness (QED) is 0.485. The molecule has 1 aliphatic carbocycles. The van der Waals surface area contributed by atoms with Gasteiger partial charge < -0.3 is 19.3 Å². The summed E-state index contributed by atoms with van der Waals surface area (Å²) >= 11 is 0. The van der Waals surface area contributed by atoms with Gasteiger partial charge in [0.05, 0.1) is 6.42 Å². The minimum atomic E-state index is -4.93. The standard InChI is InChI=1S/C23H29F3O7/c1-20(2,3)32-18(29)22(19(30)33-21(4,5)6)11-13-7-8-15(31-23(24,25)26)10-16(13)14(12-22)9-17(27)28/h7-8,10,14H,9,11-12H2,1-6H3,(H,27,28). The molecule has 1 aromatic carbocycles. The van der Waals surface area contributed by atoms with Crippen LogP contribution in [-0.2, 0) is 30.3 Å². The summed E-state index contributed by atoms with van der Waals surface area (Å²) in [4.78, 5) is 38.2. The number of halogens is 3. The summed E-state index contributed by atoms with van der Waals surface area (Å²) in [7, 11) is 0. The number of carboxylic acids is 1. The van der Waals surface area contributed by atoms with E-state index >= 15 is 0 Å². The molecule has 1 aliphatic rings. The van der Waals surface area contributed by atoms with Gasteiger partial charge in [0.25, 0.3) is 0 Å². The first-order valence-corrected chi connectivity index (χ1v) is 10.4. The first kappa shape index (κ1) is 26.5. The molecular weight excluding hydrogens is 445 g/mol. The number of rotatable bonds is 5. The van der Waals surface area contributed by atoms with Gasteiger partial charge in [-0.15, -0.1) is 13.2 Å². The second kappa shape index (κ2) is 8.87. The highest BCUT2D eigenvalue weighted by atomic mass is 19.4. The van der Waals surface area contributed by atoms with Crippen LogP contribution in [0.25, 0.3) is 0 Å². The Labute approximate surface area is 190 Å². The number of carbonyl (C=O) groups is 3. The third-order valence-electron chi connectivity index (χ3n) is 4.88. The topological polar surface area (TPSA) is 99.1 Å². The van der Waals surface area contributed by atoms with Crippen molar-refractivity contribution in [1.29, 1.82) is 0 Å². The van der Waals surface area contributed by atoms with E-state index in [0.29, 0.717) is 5.56 Å². The van der Waals surface area contributed by atoms with Crippen LogP contribution in [0.2, 0.25) is 0 Å². The van der Waals surface area contributed by atoms with E-state index < -0.39 is 59.0 Å². The number of benzene rings is 1. The lowest BCUT2D eigenvalue weighted by molar-refractivity contribution is -0.274. The summed E-state index contributed by atoms with van der Waals surface area (Å²) < 4.78 is 53.1. The number of aliphatic carboxylic acids is 1. The lowest BCUT2D eigenvalue weighted by Gasteiger charge is -2.40. The second-order valence-corrected chi connectivity index (χ2v) is 10.2. The van der Waals surface area contributed by atoms with Gasteiger partial charge in [0.2, 0.25) is 0 Å². The molecule has 0 amide bonds. The fraction of sp³-hybridized carbons (Fsp3) is 0.609. The van der Waals surface area contributed by atoms with Crippen molar-refractivity contribution in [3.63, 3.8) is 0 Å². The molecule has 0 radical (unpaired) electrons. The van der Waals surface area contributed by atoms with Gasteiger partial charge in [-0.3, -0.25) is 14.4 Å². The van der Waals surface area contributed by atoms with E-state index in [2.05, 4.69) is 4.74 Å². The third kappa shape index (κ3) is 7.10. The van der Waals surface area contributed by atoms with Crippen LogP contribution in [0.1, 0.15) is 71.4 Å². The highest BCUT2D eigenvalue weighted by molar-refractivity contribution is 6.01. The maximum atomic E-state index is 13.3. The lowest BCUT2D eigenvalue weighted by Crippen LogP contribution is -2.50. The van der Waals surface area contributed by atoms with Gasteiger partial charge in [-0.2, -0.15) is 0 Å². The monoisotopic (exact) mass is 474 g/mol. The van der Waals surface area contributed by atoms with Crippen LogP contribution in [0.5, 0.6) is 5.75 Å². The smallest absolute Gasteiger partial charge is 0.481 e. The predicted octanol–water partition coefficient (Wildman–Crippen LogP) is 4.76. The molecule has 0 aromatic heterocycles. The minimum Gasteiger partial charge on any atom is -0.481 e. The van der Waals surface area contributed by atoms with Crippen molar-refractivity contribution in [2.24, 2.45) is 5.41 Å². The van der Waals surface area contributed by atoms with Crippen LogP contribution in [0.4, 0.5) is 13.2 Å². The molecule has 0 bridgehead atoms. The first-order valence-electron chi connectivity index (χ1n) is 10.4. The number of fused-ring (bicyclic) bond motifs is 1. The average Bonchev–Trinajstić information content (AvgIpc) is 2.57. The van der Waals surface area contributed by atoms with Crippen LogP contribution >= 0.6 is 0 Å². The second-order valence-electron chi connectivity index (χ2n) is 10.2. The summed E-state index contributed by atoms with van der Waals surface area (Å²) in [5, 5.41) is 9.42. The molecule has 1 aromatic rings. The van der Waals surface area contributed by atoms with Crippen molar-refractivity contribution >= 4 is 17.9 Å². The molecule has 1 atom stereocenters. The Kier molecular flexibility index (Phi) is 7.12. The molecule has 0 heterocycles. The first-order chi connectivity index (χ1) is 14.8. The molecule has 0 spiro atoms. The molecular formula is C23H29F3O7. The Morgan fingerprint density at radius 1 is 1.00 bits per heavy atom. The molecule has 10 heteroatoms. The Morgan fingerprint density at radius 3 is 1.94 bits per heavy atom. The number of hydrogen-bond acceptors (Lipinski definition) is 6. The Balaban J connectivity index is 2.62. The van der Waals surface area contributed by atoms with E-state index in [9.17, 15) is 32.7 Å². The molecule has 33 heavy (non-hydrogen) atoms. The summed E-state index contributed by atoms with van der Waals surface area (Å²) in [5.41, 5.74) is -3.14. The van der Waals surface area contributed by atoms with E-state index in [4.69, 9.17) is 9.47 Å². The fourth-order valence-corrected chi connectivity index (χ4v) is 3.78. The van der Waals surface area contributed by atoms with Gasteiger partial charge in [-0.1, -0.05) is 6.07 Å². The Bertz CT molecular complexity index is 895. The van der Waals surface area contributed by atoms with Crippen molar-refractivity contribution in [2.75, 3.05) is 0 Å². The summed E-state index contributed by atoms with van der Waals surface area (Å²) in [5.74, 6) is -4.46. The summed E-state index contributed by atoms with van der Waals surface area (Å²) in [6.45, 7) is 9.75. The van der Waals surface area contributed by atoms with Crippen LogP contribution in [-0.4, -0.2) is 40.6 Å². The van der Waals surface area contributed by atoms with E-state index in [-0.39, 0.29) is 18.4 Å². The lowest BCUT2D eigenvalue weighted by atomic mass is 9.66. The average molecular weight is 474 g/mol. The zero-order chi connectivity index (χ0) is 25.4. The zero-order valence-corrected chi connectivity index (χ0v) is 19.5. The van der Waals surface area contributed by atoms with Crippen LogP contribution in [0, 0.1) is 5.41 Å². The van der Waals surface area contributed by atoms with Gasteiger partial charge in [0.1, 0.15) is 17.0 Å². The third-order valence-corrected chi connectivity index (χ3v) is 4.88. The van der Waals surface area contributed by atoms with Gasteiger partial charge in [-0.25, -0.2) is 0 Å². The number of esters is 2. The predicted molar refractivity (Wildman–Crippen MR) is 111 cm³/mol. The molecule has 2 rings (SSSR count). The SMILES string of the molecule is CC(C)(C)OC(=O)C1(C(=O)OC(C)(C)C)Cc2ccc(OC(F)(F)F)cc2C(CC(=O)O)C1. The van der Waals surface area contributed by atoms with Crippen molar-refractivity contribution < 1.29 is 46.9 Å². The number of hydrogen-bond donors (Lipinski definition) is 1. The number of ether oxygens (including phenoxy) is 3. The maximum Gasteiger partial charge on any atom is 0.573 e. The van der Waals surface area contributed by atoms with E-state index in [1.165, 1.54) is 6.07 Å². The Hall–Kier alpha value is -2.78. The normalized spacial score (nSPS) is 18.2. The molecule has 0 aliphatic heterocycles. The van der Waals surface area contributed by atoms with E-state index in [1.807, 2.05) is 0 Å². The van der Waals surface area contributed by atoms with Gasteiger partial charge in [0.15, 0.2) is 5.41 Å². The van der Waals surface area contributed by atoms with Crippen molar-refractivity contribution in [3.8, 4) is 5.75 Å². The van der Waals surface area contributed by atoms with Crippen molar-refractivity contribution in [1.82, 2.24) is 0 Å². The van der Waals surface area contributed by atoms with E-state index in [0.717, 1.165) is 12.1 Å². The molecule has 0 saturated carbocycles. The maximum absolute atomic E-state index is 13.3. The molecule has 184 valence electrons. The zero-order valence-electron chi connectivity index (χ0n) is 19.5. The van der Waals surface area contributed by atoms with Crippen molar-refractivity contribution in [3.05, 3.63) is 29.3 Å². The largest absolute Gasteiger partial charge is 0.573 e. The number of alkyl halides is 3. The fourth-order valence-electron chi connectivity index (χ4n) is 3.78. The molecule has 7 nitrogen and oxygen atoms in total. The molecule has 0 saturated heterocycles. The van der Waals surface area contributed by atoms with Crippen LogP contribution in [0.15, 0.2) is 18.2 Å². The van der Waals surface area contributed by atoms with Crippen molar-refractivity contribution in [2.45, 2.75) is 84.3 Å². The summed E-state index contributed by atoms with van der Waals surface area (Å²) in [6.07, 6.45) is -5.96. The van der Waals surface area contributed by atoms with Gasteiger partial charge >= 0.3 is 24.3 Å². The van der Waals surface area contributed by atoms with Crippen LogP contribution in [0.3, 0.4) is 0 Å². The molecule has 1 unspecified atom stereocenters. The highest BCUT2D eigenvalue weighted by Crippen LogP contribution is 2.48. The summed E-state index contributed by atoms with van der Waals surface area (Å²) in [6, 6.07) is 3.46. The van der Waals surface area contributed by atoms with Gasteiger partial charge in [-0.05, 0) is 83.6 Å². The van der Waals surface area contributed by atoms with E-state index in [1.54, 1.807) is 41.5 Å². The molecule has 0 fully saturated rings.